The van der Waals surface area contributed by atoms with Crippen LogP contribution in [0.4, 0.5) is 21.3 Å². The van der Waals surface area contributed by atoms with Crippen LogP contribution in [0.15, 0.2) is 0 Å². The van der Waals surface area contributed by atoms with Crippen molar-refractivity contribution in [1.82, 2.24) is 0 Å². The van der Waals surface area contributed by atoms with Crippen molar-refractivity contribution in [2.24, 2.45) is 0 Å². The van der Waals surface area contributed by atoms with Crippen LogP contribution in [0.5, 0.6) is 0 Å². The van der Waals surface area contributed by atoms with Crippen molar-refractivity contribution >= 4 is 0 Å². The molecule has 0 nitrogen and oxygen atoms in total. The zero-order valence-electron chi connectivity index (χ0n) is 6.65. The predicted octanol–water partition coefficient (Wildman–Crippen LogP) is -3.25. The SMILES string of the molecule is [F][Mn]([F])([F])([F])([F])[F].[H-].[H-].[K+].[K+]. The van der Waals surface area contributed by atoms with Gasteiger partial charge in [0, 0.05) is 0 Å². The van der Waals surface area contributed by atoms with E-state index in [9.17, 15) is 21.3 Å². The van der Waals surface area contributed by atoms with Gasteiger partial charge >= 0.3 is 138 Å². The van der Waals surface area contributed by atoms with Gasteiger partial charge in [-0.15, -0.1) is 0 Å². The van der Waals surface area contributed by atoms with E-state index in [1.54, 1.807) is 0 Å². The van der Waals surface area contributed by atoms with Crippen molar-refractivity contribution in [2.45, 2.75) is 0 Å². The third-order valence-corrected chi connectivity index (χ3v) is 0. The second-order valence-corrected chi connectivity index (χ2v) is 3.34. The van der Waals surface area contributed by atoms with Gasteiger partial charge in [0.25, 0.3) is 0 Å². The minimum atomic E-state index is -10.9. The quantitative estimate of drug-likeness (QED) is 0.312. The Morgan fingerprint density at radius 1 is 0.667 bits per heavy atom. The molecule has 0 aliphatic carbocycles. The maximum atomic E-state index is 9.89. The molecule has 0 radical (unpaired) electrons. The zero-order chi connectivity index (χ0) is 6.41. The normalized spacial score (nSPS) is 18.0. The molecule has 0 saturated carbocycles. The van der Waals surface area contributed by atoms with E-state index in [4.69, 9.17) is 0 Å². The second-order valence-electron chi connectivity index (χ2n) is 0.810. The molecule has 0 N–H and O–H groups in total. The van der Waals surface area contributed by atoms with Crippen LogP contribution in [0.1, 0.15) is 2.85 Å². The van der Waals surface area contributed by atoms with Crippen LogP contribution in [0.25, 0.3) is 0 Å². The Morgan fingerprint density at radius 3 is 0.667 bits per heavy atom. The van der Waals surface area contributed by atoms with Crippen LogP contribution in [0.3, 0.4) is 0 Å². The first-order valence-electron chi connectivity index (χ1n) is 0.857. The number of rotatable bonds is 0. The monoisotopic (exact) mass is 249 g/mol. The Bertz CT molecular complexity index is 77.1. The summed E-state index contributed by atoms with van der Waals surface area (Å²) < 4.78 is 59.3. The van der Waals surface area contributed by atoms with E-state index in [-0.39, 0.29) is 106 Å². The minimum Gasteiger partial charge on any atom is -1.00 e. The zero-order valence-corrected chi connectivity index (χ0v) is 12.1. The van der Waals surface area contributed by atoms with Gasteiger partial charge in [0.15, 0.2) is 0 Å². The predicted molar refractivity (Wildman–Crippen MR) is 8.87 cm³/mol. The molecule has 53 valence electrons. The Balaban J connectivity index is -0.0000000300. The fraction of sp³-hybridized carbons (Fsp3) is 0. The molecular formula is H2F6K2Mn. The Hall–Kier alpha value is 3.37. The van der Waals surface area contributed by atoms with Gasteiger partial charge < -0.3 is 2.85 Å². The molecule has 9 heavy (non-hydrogen) atoms. The van der Waals surface area contributed by atoms with Crippen LogP contribution < -0.4 is 103 Å². The average Bonchev–Trinajstić information content (AvgIpc) is 0.592. The standard InChI is InChI=1S/6FH.2K.Mn.2H/h6*1H;;;;;/q;;;;;;2*+1;+6;2*-1/p-6. The average molecular weight is 249 g/mol. The van der Waals surface area contributed by atoms with Crippen LogP contribution in [-0.2, 0) is 13.5 Å². The van der Waals surface area contributed by atoms with Crippen molar-refractivity contribution in [2.75, 3.05) is 0 Å². The first kappa shape index (κ1) is 18.2. The Labute approximate surface area is 137 Å². The molecule has 0 fully saturated rings. The molecule has 0 spiro atoms. The largest absolute Gasteiger partial charge is 1.00 e. The molecule has 0 aromatic rings. The minimum absolute atomic E-state index is 0. The summed E-state index contributed by atoms with van der Waals surface area (Å²) in [4.78, 5) is 0. The van der Waals surface area contributed by atoms with E-state index < -0.39 is 13.5 Å². The van der Waals surface area contributed by atoms with Gasteiger partial charge in [0.2, 0.25) is 0 Å². The fourth-order valence-corrected chi connectivity index (χ4v) is 0. The molecule has 0 heterocycles. The molecule has 0 aromatic heterocycles. The van der Waals surface area contributed by atoms with E-state index in [0.29, 0.717) is 0 Å². The summed E-state index contributed by atoms with van der Waals surface area (Å²) in [5, 5.41) is 0. The number of hydrogen-bond acceptors (Lipinski definition) is 0. The van der Waals surface area contributed by atoms with E-state index in [1.165, 1.54) is 0 Å². The van der Waals surface area contributed by atoms with Crippen molar-refractivity contribution < 1.29 is 140 Å². The van der Waals surface area contributed by atoms with E-state index >= 15 is 0 Å². The third-order valence-electron chi connectivity index (χ3n) is 0. The maximum Gasteiger partial charge on any atom is 1.00 e. The van der Waals surface area contributed by atoms with E-state index in [0.717, 1.165) is 0 Å². The van der Waals surface area contributed by atoms with Crippen LogP contribution in [-0.4, -0.2) is 0 Å². The van der Waals surface area contributed by atoms with Gasteiger partial charge in [-0.25, -0.2) is 0 Å². The van der Waals surface area contributed by atoms with Gasteiger partial charge in [-0.1, -0.05) is 0 Å². The van der Waals surface area contributed by atoms with Crippen molar-refractivity contribution in [3.8, 4) is 0 Å². The summed E-state index contributed by atoms with van der Waals surface area (Å²) in [6.45, 7) is 0. The van der Waals surface area contributed by atoms with Gasteiger partial charge in [0.05, 0.1) is 0 Å². The van der Waals surface area contributed by atoms with E-state index in [2.05, 4.69) is 0 Å². The molecule has 0 aliphatic rings. The number of hydrogen-bond donors (Lipinski definition) is 0. The Morgan fingerprint density at radius 2 is 0.667 bits per heavy atom. The first-order chi connectivity index (χ1) is 2.45. The van der Waals surface area contributed by atoms with Gasteiger partial charge in [-0.2, -0.15) is 0 Å². The smallest absolute Gasteiger partial charge is 1.00 e. The molecule has 0 bridgehead atoms. The first-order valence-corrected chi connectivity index (χ1v) is 3.53. The number of halogens is 6. The Kier molecular flexibility index (Phi) is 7.34. The summed E-state index contributed by atoms with van der Waals surface area (Å²) in [5.41, 5.74) is 0. The van der Waals surface area contributed by atoms with E-state index in [1.807, 2.05) is 0 Å². The molecule has 0 amide bonds. The summed E-state index contributed by atoms with van der Waals surface area (Å²) in [6.07, 6.45) is 0. The molecule has 0 atom stereocenters. The van der Waals surface area contributed by atoms with Crippen LogP contribution in [0, 0.1) is 0 Å². The molecule has 0 saturated heterocycles. The molecule has 0 unspecified atom stereocenters. The summed E-state index contributed by atoms with van der Waals surface area (Å²) in [5.74, 6) is 0. The molecule has 9 heteroatoms. The van der Waals surface area contributed by atoms with Crippen LogP contribution >= 0.6 is 0 Å². The molecular weight excluding hydrogens is 247 g/mol. The van der Waals surface area contributed by atoms with Crippen molar-refractivity contribution in [3.05, 3.63) is 0 Å². The van der Waals surface area contributed by atoms with Gasteiger partial charge in [0.1, 0.15) is 0 Å². The van der Waals surface area contributed by atoms with Gasteiger partial charge in [-0.3, -0.25) is 0 Å². The maximum absolute atomic E-state index is 10.9. The van der Waals surface area contributed by atoms with Crippen LogP contribution in [0.2, 0.25) is 0 Å². The fourth-order valence-electron chi connectivity index (χ4n) is 0. The summed E-state index contributed by atoms with van der Waals surface area (Å²) >= 11 is -10.9. The summed E-state index contributed by atoms with van der Waals surface area (Å²) in [7, 11) is 0. The second kappa shape index (κ2) is 3.62. The molecule has 0 aromatic carbocycles. The summed E-state index contributed by atoms with van der Waals surface area (Å²) in [6, 6.07) is 0. The molecule has 0 rings (SSSR count). The van der Waals surface area contributed by atoms with Crippen molar-refractivity contribution in [1.29, 1.82) is 0 Å². The third kappa shape index (κ3) is 87.8. The van der Waals surface area contributed by atoms with Gasteiger partial charge in [-0.05, 0) is 0 Å². The molecule has 0 aliphatic heterocycles. The van der Waals surface area contributed by atoms with Crippen molar-refractivity contribution in [3.63, 3.8) is 0 Å². The topological polar surface area (TPSA) is 0 Å².